The number of halogens is 1. The standard InChI is InChI=1S/C21H21ClN4O4S/c1-12(13-5-3-2-4-6-13)25-21(28)26-14-7-8-15-16(11-14)18(27)30-19(17(15)22)29-9-10-31-20(23)24/h2-8,11-12H,9-10H2,1H3,(H3,23,24)(H2,25,26,28)/t12-/m0/s1. The lowest BCUT2D eigenvalue weighted by Crippen LogP contribution is -2.31. The van der Waals surface area contributed by atoms with Gasteiger partial charge in [0.05, 0.1) is 11.4 Å². The molecule has 0 spiro atoms. The Hall–Kier alpha value is -3.17. The fraction of sp³-hybridized carbons (Fsp3) is 0.190. The highest BCUT2D eigenvalue weighted by Crippen LogP contribution is 2.32. The van der Waals surface area contributed by atoms with Crippen molar-refractivity contribution in [2.45, 2.75) is 13.0 Å². The van der Waals surface area contributed by atoms with Crippen molar-refractivity contribution in [3.05, 3.63) is 69.5 Å². The number of benzene rings is 2. The summed E-state index contributed by atoms with van der Waals surface area (Å²) in [5.74, 6) is 0.311. The van der Waals surface area contributed by atoms with Crippen LogP contribution >= 0.6 is 23.4 Å². The van der Waals surface area contributed by atoms with Gasteiger partial charge in [-0.3, -0.25) is 5.41 Å². The van der Waals surface area contributed by atoms with E-state index >= 15 is 0 Å². The molecule has 3 rings (SSSR count). The molecule has 0 saturated heterocycles. The van der Waals surface area contributed by atoms with Crippen LogP contribution in [0, 0.1) is 5.41 Å². The first-order chi connectivity index (χ1) is 14.8. The third-order valence-electron chi connectivity index (χ3n) is 4.32. The summed E-state index contributed by atoms with van der Waals surface area (Å²) in [5.41, 5.74) is 6.01. The molecule has 10 heteroatoms. The van der Waals surface area contributed by atoms with Crippen LogP contribution in [0.2, 0.25) is 5.02 Å². The third kappa shape index (κ3) is 5.93. The van der Waals surface area contributed by atoms with Gasteiger partial charge in [0.25, 0.3) is 0 Å². The van der Waals surface area contributed by atoms with Gasteiger partial charge in [-0.15, -0.1) is 0 Å². The van der Waals surface area contributed by atoms with Crippen LogP contribution in [0.4, 0.5) is 10.5 Å². The molecule has 0 radical (unpaired) electrons. The number of carbonyl (C=O) groups excluding carboxylic acids is 1. The van der Waals surface area contributed by atoms with E-state index in [0.29, 0.717) is 16.8 Å². The Kier molecular flexibility index (Phi) is 7.43. The van der Waals surface area contributed by atoms with Gasteiger partial charge in [-0.25, -0.2) is 9.59 Å². The molecule has 0 unspecified atom stereocenters. The maximum absolute atomic E-state index is 12.4. The molecule has 8 nitrogen and oxygen atoms in total. The monoisotopic (exact) mass is 460 g/mol. The Labute approximate surface area is 187 Å². The van der Waals surface area contributed by atoms with Crippen LogP contribution in [-0.4, -0.2) is 23.6 Å². The Bertz CT molecular complexity index is 1150. The average molecular weight is 461 g/mol. The molecular formula is C21H21ClN4O4S. The second-order valence-electron chi connectivity index (χ2n) is 6.54. The first kappa shape index (κ1) is 22.5. The Balaban J connectivity index is 1.71. The van der Waals surface area contributed by atoms with Crippen LogP contribution in [0.5, 0.6) is 5.95 Å². The number of fused-ring (bicyclic) bond motifs is 1. The lowest BCUT2D eigenvalue weighted by atomic mass is 10.1. The van der Waals surface area contributed by atoms with Gasteiger partial charge < -0.3 is 25.5 Å². The lowest BCUT2D eigenvalue weighted by Gasteiger charge is -2.15. The van der Waals surface area contributed by atoms with Crippen LogP contribution < -0.4 is 26.7 Å². The van der Waals surface area contributed by atoms with E-state index in [2.05, 4.69) is 10.6 Å². The number of nitrogens with one attached hydrogen (secondary N) is 3. The zero-order chi connectivity index (χ0) is 22.4. The van der Waals surface area contributed by atoms with Crippen molar-refractivity contribution < 1.29 is 13.9 Å². The smallest absolute Gasteiger partial charge is 0.346 e. The maximum Gasteiger partial charge on any atom is 0.346 e. The van der Waals surface area contributed by atoms with E-state index < -0.39 is 11.7 Å². The van der Waals surface area contributed by atoms with Gasteiger partial charge in [-0.2, -0.15) is 0 Å². The number of hydrogen-bond acceptors (Lipinski definition) is 6. The molecule has 1 heterocycles. The molecule has 5 N–H and O–H groups in total. The second kappa shape index (κ2) is 10.2. The second-order valence-corrected chi connectivity index (χ2v) is 8.06. The van der Waals surface area contributed by atoms with Crippen molar-refractivity contribution in [3.63, 3.8) is 0 Å². The third-order valence-corrected chi connectivity index (χ3v) is 5.36. The zero-order valence-electron chi connectivity index (χ0n) is 16.6. The van der Waals surface area contributed by atoms with Gasteiger partial charge in [0.2, 0.25) is 0 Å². The van der Waals surface area contributed by atoms with Crippen molar-refractivity contribution in [2.75, 3.05) is 17.7 Å². The molecule has 1 aromatic heterocycles. The molecule has 0 fully saturated rings. The minimum atomic E-state index is -0.643. The number of carbonyl (C=O) groups is 1. The van der Waals surface area contributed by atoms with E-state index in [0.717, 1.165) is 17.3 Å². The van der Waals surface area contributed by atoms with Crippen molar-refractivity contribution >= 4 is 51.0 Å². The van der Waals surface area contributed by atoms with Gasteiger partial charge in [0, 0.05) is 16.8 Å². The zero-order valence-corrected chi connectivity index (χ0v) is 18.2. The van der Waals surface area contributed by atoms with E-state index in [1.54, 1.807) is 12.1 Å². The van der Waals surface area contributed by atoms with E-state index in [-0.39, 0.29) is 34.2 Å². The van der Waals surface area contributed by atoms with E-state index in [9.17, 15) is 9.59 Å². The number of thioether (sulfide) groups is 1. The highest BCUT2D eigenvalue weighted by molar-refractivity contribution is 8.13. The number of urea groups is 1. The largest absolute Gasteiger partial charge is 0.463 e. The molecule has 3 aromatic rings. The first-order valence-corrected chi connectivity index (χ1v) is 10.7. The molecule has 2 amide bonds. The Morgan fingerprint density at radius 3 is 2.71 bits per heavy atom. The minimum absolute atomic E-state index is 0.0307. The van der Waals surface area contributed by atoms with E-state index in [1.807, 2.05) is 37.3 Å². The van der Waals surface area contributed by atoms with Crippen LogP contribution in [0.15, 0.2) is 57.7 Å². The summed E-state index contributed by atoms with van der Waals surface area (Å²) in [5, 5.41) is 13.5. The summed E-state index contributed by atoms with van der Waals surface area (Å²) in [4.78, 5) is 24.7. The molecular weight excluding hydrogens is 440 g/mol. The van der Waals surface area contributed by atoms with Crippen LogP contribution in [0.1, 0.15) is 18.5 Å². The molecule has 1 atom stereocenters. The van der Waals surface area contributed by atoms with Crippen molar-refractivity contribution in [3.8, 4) is 5.95 Å². The van der Waals surface area contributed by atoms with Crippen molar-refractivity contribution in [1.29, 1.82) is 5.41 Å². The predicted octanol–water partition coefficient (Wildman–Crippen LogP) is 4.33. The predicted molar refractivity (Wildman–Crippen MR) is 124 cm³/mol. The van der Waals surface area contributed by atoms with Crippen molar-refractivity contribution in [2.24, 2.45) is 5.73 Å². The molecule has 0 aliphatic rings. The highest BCUT2D eigenvalue weighted by atomic mass is 35.5. The summed E-state index contributed by atoms with van der Waals surface area (Å²) in [6.07, 6.45) is 0. The molecule has 162 valence electrons. The van der Waals surface area contributed by atoms with Gasteiger partial charge in [0.1, 0.15) is 11.6 Å². The van der Waals surface area contributed by atoms with Crippen LogP contribution in [0.25, 0.3) is 10.8 Å². The van der Waals surface area contributed by atoms with Crippen molar-refractivity contribution in [1.82, 2.24) is 5.32 Å². The molecule has 0 aliphatic heterocycles. The number of nitrogens with two attached hydrogens (primary N) is 1. The summed E-state index contributed by atoms with van der Waals surface area (Å²) < 4.78 is 10.6. The van der Waals surface area contributed by atoms with Gasteiger partial charge in [0.15, 0.2) is 5.17 Å². The number of hydrogen-bond donors (Lipinski definition) is 4. The molecule has 31 heavy (non-hydrogen) atoms. The molecule has 2 aromatic carbocycles. The van der Waals surface area contributed by atoms with Gasteiger partial charge in [-0.05, 0) is 24.6 Å². The average Bonchev–Trinajstić information content (AvgIpc) is 2.74. The van der Waals surface area contributed by atoms with E-state index in [1.165, 1.54) is 6.07 Å². The fourth-order valence-electron chi connectivity index (χ4n) is 2.84. The lowest BCUT2D eigenvalue weighted by molar-refractivity contribution is 0.248. The maximum atomic E-state index is 12.4. The summed E-state index contributed by atoms with van der Waals surface area (Å²) in [6.45, 7) is 2.04. The topological polar surface area (TPSA) is 130 Å². The van der Waals surface area contributed by atoms with Gasteiger partial charge in [-0.1, -0.05) is 59.8 Å². The summed E-state index contributed by atoms with van der Waals surface area (Å²) >= 11 is 7.42. The fourth-order valence-corrected chi connectivity index (χ4v) is 3.49. The summed E-state index contributed by atoms with van der Waals surface area (Å²) in [7, 11) is 0. The number of amidine groups is 1. The number of anilines is 1. The number of ether oxygens (including phenoxy) is 1. The summed E-state index contributed by atoms with van der Waals surface area (Å²) in [6, 6.07) is 13.7. The normalized spacial score (nSPS) is 11.7. The quantitative estimate of drug-likeness (QED) is 0.236. The van der Waals surface area contributed by atoms with E-state index in [4.69, 9.17) is 31.9 Å². The number of amides is 2. The Morgan fingerprint density at radius 1 is 1.26 bits per heavy atom. The van der Waals surface area contributed by atoms with Crippen LogP contribution in [0.3, 0.4) is 0 Å². The van der Waals surface area contributed by atoms with Gasteiger partial charge >= 0.3 is 17.6 Å². The Morgan fingerprint density at radius 2 is 2.00 bits per heavy atom. The first-order valence-electron chi connectivity index (χ1n) is 9.33. The molecule has 0 saturated carbocycles. The highest BCUT2D eigenvalue weighted by Gasteiger charge is 2.15. The SMILES string of the molecule is C[C@H](NC(=O)Nc1ccc2c(Cl)c(OCCSC(=N)N)oc(=O)c2c1)c1ccccc1. The molecule has 0 bridgehead atoms. The minimum Gasteiger partial charge on any atom is -0.463 e. The number of rotatable bonds is 7. The van der Waals surface area contributed by atoms with Crippen LogP contribution in [-0.2, 0) is 0 Å². The molecule has 0 aliphatic carbocycles.